The number of pyridine rings is 1. The van der Waals surface area contributed by atoms with E-state index in [-0.39, 0.29) is 0 Å². The summed E-state index contributed by atoms with van der Waals surface area (Å²) in [5.41, 5.74) is 1.86. The van der Waals surface area contributed by atoms with Gasteiger partial charge < -0.3 is 10.6 Å². The van der Waals surface area contributed by atoms with E-state index in [4.69, 9.17) is 5.26 Å². The number of carbonyl (C=O) groups excluding carboxylic acids is 2. The first-order valence-electron chi connectivity index (χ1n) is 9.35. The van der Waals surface area contributed by atoms with Crippen LogP contribution in [-0.2, 0) is 16.1 Å². The first-order chi connectivity index (χ1) is 13.7. The number of para-hydroxylation sites is 1. The van der Waals surface area contributed by atoms with Gasteiger partial charge in [-0.3, -0.25) is 19.5 Å². The number of nitrogens with zero attached hydrogens (tertiary/aromatic N) is 3. The van der Waals surface area contributed by atoms with Crippen molar-refractivity contribution in [2.45, 2.75) is 19.4 Å². The van der Waals surface area contributed by atoms with Crippen LogP contribution in [-0.4, -0.2) is 41.3 Å². The largest absolute Gasteiger partial charge is 0.348 e. The smallest absolute Gasteiger partial charge is 0.313 e. The number of amides is 2. The lowest BCUT2D eigenvalue weighted by atomic mass is 9.96. The highest BCUT2D eigenvalue weighted by atomic mass is 16.2. The number of piperidine rings is 1. The highest BCUT2D eigenvalue weighted by molar-refractivity contribution is 6.39. The zero-order valence-electron chi connectivity index (χ0n) is 15.6. The van der Waals surface area contributed by atoms with E-state index in [2.05, 4.69) is 26.6 Å². The van der Waals surface area contributed by atoms with Crippen molar-refractivity contribution in [1.82, 2.24) is 15.2 Å². The lowest BCUT2D eigenvalue weighted by Crippen LogP contribution is -2.41. The molecule has 1 aromatic heterocycles. The van der Waals surface area contributed by atoms with E-state index >= 15 is 0 Å². The Morgan fingerprint density at radius 3 is 2.64 bits per heavy atom. The Bertz CT molecular complexity index is 855. The standard InChI is InChI=1S/C21H23N5O2/c22-12-18-5-1-2-6-19(18)25-21(28)20(27)24-14-16-7-10-26(11-8-16)15-17-4-3-9-23-13-17/h1-6,9,13,16H,7-8,10-11,14-15H2,(H,24,27)(H,25,28). The van der Waals surface area contributed by atoms with Gasteiger partial charge in [0.25, 0.3) is 0 Å². The summed E-state index contributed by atoms with van der Waals surface area (Å²) in [6, 6.07) is 12.6. The summed E-state index contributed by atoms with van der Waals surface area (Å²) in [5.74, 6) is -1.07. The average Bonchev–Trinajstić information content (AvgIpc) is 2.74. The molecule has 1 aromatic carbocycles. The van der Waals surface area contributed by atoms with E-state index in [1.165, 1.54) is 5.56 Å². The quantitative estimate of drug-likeness (QED) is 0.776. The molecule has 0 spiro atoms. The maximum Gasteiger partial charge on any atom is 0.313 e. The first kappa shape index (κ1) is 19.5. The van der Waals surface area contributed by atoms with Crippen molar-refractivity contribution >= 4 is 17.5 Å². The van der Waals surface area contributed by atoms with E-state index in [1.54, 1.807) is 30.5 Å². The number of nitrogens with one attached hydrogen (secondary N) is 2. The van der Waals surface area contributed by atoms with Crippen molar-refractivity contribution in [1.29, 1.82) is 5.26 Å². The minimum atomic E-state index is -0.753. The van der Waals surface area contributed by atoms with Gasteiger partial charge in [0, 0.05) is 25.5 Å². The third-order valence-electron chi connectivity index (χ3n) is 4.89. The molecule has 0 saturated carbocycles. The van der Waals surface area contributed by atoms with Crippen LogP contribution in [0.4, 0.5) is 5.69 Å². The Kier molecular flexibility index (Phi) is 6.71. The van der Waals surface area contributed by atoms with E-state index in [0.29, 0.717) is 23.7 Å². The molecule has 7 nitrogen and oxygen atoms in total. The molecule has 144 valence electrons. The fraction of sp³-hybridized carbons (Fsp3) is 0.333. The zero-order valence-corrected chi connectivity index (χ0v) is 15.6. The molecule has 1 aliphatic rings. The molecule has 3 rings (SSSR count). The number of nitriles is 1. The SMILES string of the molecule is N#Cc1ccccc1NC(=O)C(=O)NCC1CCN(Cc2cccnc2)CC1. The van der Waals surface area contributed by atoms with Gasteiger partial charge in [0.1, 0.15) is 6.07 Å². The second kappa shape index (κ2) is 9.62. The molecule has 1 saturated heterocycles. The van der Waals surface area contributed by atoms with Gasteiger partial charge in [0.15, 0.2) is 0 Å². The van der Waals surface area contributed by atoms with Crippen LogP contribution in [0.1, 0.15) is 24.0 Å². The molecule has 1 fully saturated rings. The molecular weight excluding hydrogens is 354 g/mol. The third kappa shape index (κ3) is 5.38. The van der Waals surface area contributed by atoms with Gasteiger partial charge >= 0.3 is 11.8 Å². The second-order valence-electron chi connectivity index (χ2n) is 6.90. The van der Waals surface area contributed by atoms with Crippen LogP contribution in [0.5, 0.6) is 0 Å². The number of likely N-dealkylation sites (tertiary alicyclic amines) is 1. The molecule has 2 aromatic rings. The summed E-state index contributed by atoms with van der Waals surface area (Å²) in [7, 11) is 0. The Hall–Kier alpha value is -3.24. The molecule has 2 N–H and O–H groups in total. The van der Waals surface area contributed by atoms with Crippen LogP contribution in [0.2, 0.25) is 0 Å². The van der Waals surface area contributed by atoms with E-state index in [0.717, 1.165) is 32.5 Å². The normalized spacial score (nSPS) is 14.8. The Balaban J connectivity index is 1.40. The predicted octanol–water partition coefficient (Wildman–Crippen LogP) is 1.92. The number of aromatic nitrogens is 1. The Labute approximate surface area is 164 Å². The van der Waals surface area contributed by atoms with Gasteiger partial charge in [-0.15, -0.1) is 0 Å². The van der Waals surface area contributed by atoms with Crippen molar-refractivity contribution in [3.8, 4) is 6.07 Å². The molecule has 2 heterocycles. The average molecular weight is 377 g/mol. The number of rotatable bonds is 5. The van der Waals surface area contributed by atoms with Gasteiger partial charge in [-0.25, -0.2) is 0 Å². The topological polar surface area (TPSA) is 98.1 Å². The maximum absolute atomic E-state index is 12.1. The van der Waals surface area contributed by atoms with Gasteiger partial charge in [-0.1, -0.05) is 18.2 Å². The molecule has 0 unspecified atom stereocenters. The zero-order chi connectivity index (χ0) is 19.8. The molecular formula is C21H23N5O2. The van der Waals surface area contributed by atoms with E-state index < -0.39 is 11.8 Å². The minimum absolute atomic E-state index is 0.324. The van der Waals surface area contributed by atoms with Gasteiger partial charge in [-0.2, -0.15) is 5.26 Å². The molecule has 2 amide bonds. The van der Waals surface area contributed by atoms with Crippen molar-refractivity contribution in [2.75, 3.05) is 25.0 Å². The lowest BCUT2D eigenvalue weighted by Gasteiger charge is -2.31. The predicted molar refractivity (Wildman–Crippen MR) is 105 cm³/mol. The Morgan fingerprint density at radius 1 is 1.14 bits per heavy atom. The van der Waals surface area contributed by atoms with Crippen LogP contribution >= 0.6 is 0 Å². The van der Waals surface area contributed by atoms with Crippen molar-refractivity contribution in [2.24, 2.45) is 5.92 Å². The van der Waals surface area contributed by atoms with Gasteiger partial charge in [-0.05, 0) is 55.6 Å². The molecule has 7 heteroatoms. The summed E-state index contributed by atoms with van der Waals surface area (Å²) >= 11 is 0. The highest BCUT2D eigenvalue weighted by Gasteiger charge is 2.21. The highest BCUT2D eigenvalue weighted by Crippen LogP contribution is 2.18. The maximum atomic E-state index is 12.1. The van der Waals surface area contributed by atoms with Crippen LogP contribution in [0.25, 0.3) is 0 Å². The van der Waals surface area contributed by atoms with Gasteiger partial charge in [0.05, 0.1) is 11.3 Å². The fourth-order valence-corrected chi connectivity index (χ4v) is 3.28. The van der Waals surface area contributed by atoms with Crippen molar-refractivity contribution in [3.05, 3.63) is 59.9 Å². The summed E-state index contributed by atoms with van der Waals surface area (Å²) in [6.07, 6.45) is 5.60. The number of hydrogen-bond acceptors (Lipinski definition) is 5. The molecule has 28 heavy (non-hydrogen) atoms. The molecule has 0 atom stereocenters. The van der Waals surface area contributed by atoms with E-state index in [1.807, 2.05) is 18.3 Å². The first-order valence-corrected chi connectivity index (χ1v) is 9.35. The summed E-state index contributed by atoms with van der Waals surface area (Å²) < 4.78 is 0. The molecule has 0 bridgehead atoms. The minimum Gasteiger partial charge on any atom is -0.348 e. The lowest BCUT2D eigenvalue weighted by molar-refractivity contribution is -0.136. The van der Waals surface area contributed by atoms with Crippen LogP contribution in [0.15, 0.2) is 48.8 Å². The third-order valence-corrected chi connectivity index (χ3v) is 4.89. The Morgan fingerprint density at radius 2 is 1.93 bits per heavy atom. The van der Waals surface area contributed by atoms with Gasteiger partial charge in [0.2, 0.25) is 0 Å². The molecule has 0 radical (unpaired) electrons. The number of anilines is 1. The van der Waals surface area contributed by atoms with Crippen LogP contribution in [0, 0.1) is 17.2 Å². The number of carbonyl (C=O) groups is 2. The summed E-state index contributed by atoms with van der Waals surface area (Å²) in [5, 5.41) is 14.3. The number of hydrogen-bond donors (Lipinski definition) is 2. The van der Waals surface area contributed by atoms with Crippen LogP contribution in [0.3, 0.4) is 0 Å². The molecule has 1 aliphatic heterocycles. The van der Waals surface area contributed by atoms with Crippen LogP contribution < -0.4 is 10.6 Å². The fourth-order valence-electron chi connectivity index (χ4n) is 3.28. The monoisotopic (exact) mass is 377 g/mol. The summed E-state index contributed by atoms with van der Waals surface area (Å²) in [6.45, 7) is 3.27. The summed E-state index contributed by atoms with van der Waals surface area (Å²) in [4.78, 5) is 30.7. The van der Waals surface area contributed by atoms with E-state index in [9.17, 15) is 9.59 Å². The van der Waals surface area contributed by atoms with Crippen molar-refractivity contribution in [3.63, 3.8) is 0 Å². The second-order valence-corrected chi connectivity index (χ2v) is 6.90. The molecule has 0 aliphatic carbocycles. The number of benzene rings is 1. The van der Waals surface area contributed by atoms with Crippen molar-refractivity contribution < 1.29 is 9.59 Å².